The van der Waals surface area contributed by atoms with Gasteiger partial charge in [-0.1, -0.05) is 0 Å². The summed E-state index contributed by atoms with van der Waals surface area (Å²) in [5.74, 6) is -1.30. The number of carbonyl (C=O) groups is 2. The normalized spacial score (nSPS) is 10.4. The highest BCUT2D eigenvalue weighted by Crippen LogP contribution is 2.12. The van der Waals surface area contributed by atoms with Crippen molar-refractivity contribution in [3.8, 4) is 0 Å². The Kier molecular flexibility index (Phi) is 4.86. The number of rotatable bonds is 4. The van der Waals surface area contributed by atoms with Crippen LogP contribution in [-0.2, 0) is 4.79 Å². The van der Waals surface area contributed by atoms with E-state index in [-0.39, 0.29) is 29.7 Å². The summed E-state index contributed by atoms with van der Waals surface area (Å²) in [7, 11) is 1.48. The third-order valence-corrected chi connectivity index (χ3v) is 2.34. The van der Waals surface area contributed by atoms with Crippen LogP contribution >= 0.6 is 0 Å². The number of nitrogens with one attached hydrogen (secondary N) is 1. The first-order valence-electron chi connectivity index (χ1n) is 5.90. The molecule has 19 heavy (non-hydrogen) atoms. The van der Waals surface area contributed by atoms with Crippen LogP contribution in [0, 0.1) is 5.82 Å². The molecule has 1 aromatic carbocycles. The Bertz CT molecular complexity index is 469. The number of hydrogen-bond donors (Lipinski definition) is 2. The van der Waals surface area contributed by atoms with Crippen molar-refractivity contribution in [2.75, 3.05) is 19.3 Å². The molecule has 6 heteroatoms. The highest BCUT2D eigenvalue weighted by Gasteiger charge is 2.16. The highest BCUT2D eigenvalue weighted by atomic mass is 19.1. The Labute approximate surface area is 111 Å². The van der Waals surface area contributed by atoms with E-state index in [1.165, 1.54) is 18.0 Å². The molecule has 5 nitrogen and oxygen atoms in total. The minimum absolute atomic E-state index is 0.000756. The molecule has 0 unspecified atom stereocenters. The average molecular weight is 267 g/mol. The van der Waals surface area contributed by atoms with Crippen molar-refractivity contribution in [1.29, 1.82) is 0 Å². The van der Waals surface area contributed by atoms with E-state index in [4.69, 9.17) is 5.73 Å². The lowest BCUT2D eigenvalue weighted by molar-refractivity contribution is -0.122. The van der Waals surface area contributed by atoms with Crippen LogP contribution in [0.4, 0.5) is 10.1 Å². The molecule has 0 aromatic heterocycles. The van der Waals surface area contributed by atoms with Crippen molar-refractivity contribution >= 4 is 17.5 Å². The number of hydrogen-bond acceptors (Lipinski definition) is 3. The zero-order valence-corrected chi connectivity index (χ0v) is 11.2. The topological polar surface area (TPSA) is 75.4 Å². The minimum atomic E-state index is -0.580. The minimum Gasteiger partial charge on any atom is -0.399 e. The number of carbonyl (C=O) groups excluding carboxylic acids is 2. The summed E-state index contributed by atoms with van der Waals surface area (Å²) < 4.78 is 13.2. The Balaban J connectivity index is 2.74. The maximum Gasteiger partial charge on any atom is 0.254 e. The van der Waals surface area contributed by atoms with E-state index >= 15 is 0 Å². The molecule has 0 spiro atoms. The maximum atomic E-state index is 13.2. The largest absolute Gasteiger partial charge is 0.399 e. The number of nitrogens with two attached hydrogens (primary N) is 1. The smallest absolute Gasteiger partial charge is 0.254 e. The fourth-order valence-corrected chi connectivity index (χ4v) is 1.61. The van der Waals surface area contributed by atoms with Gasteiger partial charge in [-0.05, 0) is 32.0 Å². The van der Waals surface area contributed by atoms with Gasteiger partial charge in [0.05, 0.1) is 6.54 Å². The predicted octanol–water partition coefficient (Wildman–Crippen LogP) is 1.00. The molecule has 0 aliphatic rings. The van der Waals surface area contributed by atoms with E-state index in [1.807, 2.05) is 13.8 Å². The quantitative estimate of drug-likeness (QED) is 0.799. The lowest BCUT2D eigenvalue weighted by atomic mass is 10.1. The lowest BCUT2D eigenvalue weighted by Gasteiger charge is -2.18. The molecule has 1 rings (SSSR count). The molecule has 0 saturated heterocycles. The van der Waals surface area contributed by atoms with Gasteiger partial charge in [0.2, 0.25) is 5.91 Å². The van der Waals surface area contributed by atoms with Gasteiger partial charge in [0.25, 0.3) is 5.91 Å². The van der Waals surface area contributed by atoms with Gasteiger partial charge in [-0.15, -0.1) is 0 Å². The second-order valence-corrected chi connectivity index (χ2v) is 4.66. The predicted molar refractivity (Wildman–Crippen MR) is 71.1 cm³/mol. The summed E-state index contributed by atoms with van der Waals surface area (Å²) in [6.07, 6.45) is 0. The molecular weight excluding hydrogens is 249 g/mol. The van der Waals surface area contributed by atoms with Gasteiger partial charge in [0, 0.05) is 24.3 Å². The summed E-state index contributed by atoms with van der Waals surface area (Å²) >= 11 is 0. The number of anilines is 1. The van der Waals surface area contributed by atoms with Crippen molar-refractivity contribution in [2.45, 2.75) is 19.9 Å². The second kappa shape index (κ2) is 6.17. The number of halogens is 1. The molecule has 0 atom stereocenters. The van der Waals surface area contributed by atoms with Gasteiger partial charge < -0.3 is 16.0 Å². The van der Waals surface area contributed by atoms with Crippen LogP contribution in [0.5, 0.6) is 0 Å². The van der Waals surface area contributed by atoms with E-state index in [1.54, 1.807) is 0 Å². The Morgan fingerprint density at radius 3 is 2.53 bits per heavy atom. The standard InChI is InChI=1S/C13H18FN3O2/c1-8(2)16-12(18)7-17(3)13(19)9-4-10(14)6-11(15)5-9/h4-6,8H,7,15H2,1-3H3,(H,16,18). The molecule has 0 aliphatic carbocycles. The fourth-order valence-electron chi connectivity index (χ4n) is 1.61. The molecule has 0 radical (unpaired) electrons. The van der Waals surface area contributed by atoms with Crippen molar-refractivity contribution in [3.63, 3.8) is 0 Å². The van der Waals surface area contributed by atoms with Crippen LogP contribution in [0.1, 0.15) is 24.2 Å². The average Bonchev–Trinajstić information content (AvgIpc) is 2.25. The van der Waals surface area contributed by atoms with Crippen LogP contribution in [0.15, 0.2) is 18.2 Å². The summed E-state index contributed by atoms with van der Waals surface area (Å²) in [6.45, 7) is 3.56. The summed E-state index contributed by atoms with van der Waals surface area (Å²) in [6, 6.07) is 3.60. The van der Waals surface area contributed by atoms with Crippen LogP contribution < -0.4 is 11.1 Å². The van der Waals surface area contributed by atoms with E-state index < -0.39 is 11.7 Å². The van der Waals surface area contributed by atoms with E-state index in [9.17, 15) is 14.0 Å². The monoisotopic (exact) mass is 267 g/mol. The zero-order valence-electron chi connectivity index (χ0n) is 11.2. The molecule has 3 N–H and O–H groups in total. The van der Waals surface area contributed by atoms with Crippen molar-refractivity contribution in [1.82, 2.24) is 10.2 Å². The molecule has 104 valence electrons. The van der Waals surface area contributed by atoms with E-state index in [2.05, 4.69) is 5.32 Å². The van der Waals surface area contributed by atoms with Crippen molar-refractivity contribution < 1.29 is 14.0 Å². The molecule has 0 saturated carbocycles. The third kappa shape index (κ3) is 4.57. The molecule has 0 fully saturated rings. The number of nitrogen functional groups attached to an aromatic ring is 1. The van der Waals surface area contributed by atoms with Gasteiger partial charge in [0.15, 0.2) is 0 Å². The Morgan fingerprint density at radius 2 is 2.00 bits per heavy atom. The van der Waals surface area contributed by atoms with Crippen LogP contribution in [0.2, 0.25) is 0 Å². The van der Waals surface area contributed by atoms with E-state index in [0.717, 1.165) is 12.1 Å². The van der Waals surface area contributed by atoms with Gasteiger partial charge in [0.1, 0.15) is 5.82 Å². The molecular formula is C13H18FN3O2. The first-order valence-corrected chi connectivity index (χ1v) is 5.90. The number of likely N-dealkylation sites (N-methyl/N-ethyl adjacent to an activating group) is 1. The molecule has 2 amide bonds. The number of amides is 2. The molecule has 0 heterocycles. The van der Waals surface area contributed by atoms with Crippen LogP contribution in [-0.4, -0.2) is 36.3 Å². The Morgan fingerprint density at radius 1 is 1.37 bits per heavy atom. The SMILES string of the molecule is CC(C)NC(=O)CN(C)C(=O)c1cc(N)cc(F)c1. The highest BCUT2D eigenvalue weighted by molar-refractivity contribution is 5.97. The maximum absolute atomic E-state index is 13.2. The fraction of sp³-hybridized carbons (Fsp3) is 0.385. The second-order valence-electron chi connectivity index (χ2n) is 4.66. The van der Waals surface area contributed by atoms with Crippen molar-refractivity contribution in [2.24, 2.45) is 0 Å². The molecule has 0 bridgehead atoms. The van der Waals surface area contributed by atoms with Crippen LogP contribution in [0.3, 0.4) is 0 Å². The van der Waals surface area contributed by atoms with Gasteiger partial charge in [-0.3, -0.25) is 9.59 Å². The number of nitrogens with zero attached hydrogens (tertiary/aromatic N) is 1. The summed E-state index contributed by atoms with van der Waals surface area (Å²) in [4.78, 5) is 24.7. The van der Waals surface area contributed by atoms with Gasteiger partial charge in [-0.25, -0.2) is 4.39 Å². The third-order valence-electron chi connectivity index (χ3n) is 2.34. The molecule has 0 aliphatic heterocycles. The molecule has 1 aromatic rings. The van der Waals surface area contributed by atoms with Gasteiger partial charge in [-0.2, -0.15) is 0 Å². The first kappa shape index (κ1) is 14.9. The Hall–Kier alpha value is -2.11. The zero-order chi connectivity index (χ0) is 14.6. The van der Waals surface area contributed by atoms with Gasteiger partial charge >= 0.3 is 0 Å². The van der Waals surface area contributed by atoms with Crippen molar-refractivity contribution in [3.05, 3.63) is 29.6 Å². The van der Waals surface area contributed by atoms with Crippen LogP contribution in [0.25, 0.3) is 0 Å². The lowest BCUT2D eigenvalue weighted by Crippen LogP contribution is -2.40. The summed E-state index contributed by atoms with van der Waals surface area (Å²) in [5.41, 5.74) is 5.77. The number of benzene rings is 1. The summed E-state index contributed by atoms with van der Waals surface area (Å²) in [5, 5.41) is 2.67. The first-order chi connectivity index (χ1) is 8.79. The van der Waals surface area contributed by atoms with E-state index in [0.29, 0.717) is 0 Å².